The van der Waals surface area contributed by atoms with Crippen molar-refractivity contribution in [3.05, 3.63) is 24.3 Å². The molecule has 5 heteroatoms. The topological polar surface area (TPSA) is 44.4 Å². The van der Waals surface area contributed by atoms with E-state index in [1.54, 1.807) is 0 Å². The van der Waals surface area contributed by atoms with Crippen LogP contribution in [0.1, 0.15) is 38.5 Å². The number of carbonyl (C=O) groups is 1. The minimum absolute atomic E-state index is 0.213. The first-order valence-electron chi connectivity index (χ1n) is 8.67. The number of rotatable bonds is 3. The quantitative estimate of drug-likeness (QED) is 0.835. The summed E-state index contributed by atoms with van der Waals surface area (Å²) in [4.78, 5) is 13.7. The summed E-state index contributed by atoms with van der Waals surface area (Å²) in [6.45, 7) is 0.816. The van der Waals surface area contributed by atoms with E-state index in [1.807, 2.05) is 29.2 Å². The average Bonchev–Trinajstić information content (AvgIpc) is 3.24. The molecule has 1 amide bonds. The van der Waals surface area contributed by atoms with Crippen LogP contribution < -0.4 is 15.5 Å². The van der Waals surface area contributed by atoms with E-state index < -0.39 is 0 Å². The molecule has 0 spiro atoms. The van der Waals surface area contributed by atoms with E-state index in [1.165, 1.54) is 25.7 Å². The summed E-state index contributed by atoms with van der Waals surface area (Å²) in [6, 6.07) is 8.51. The van der Waals surface area contributed by atoms with Crippen molar-refractivity contribution in [1.29, 1.82) is 0 Å². The third kappa shape index (κ3) is 3.07. The molecule has 2 saturated carbocycles. The van der Waals surface area contributed by atoms with Gasteiger partial charge < -0.3 is 15.5 Å². The Morgan fingerprint density at radius 2 is 2.17 bits per heavy atom. The molecule has 0 unspecified atom stereocenters. The predicted octanol–water partition coefficient (Wildman–Crippen LogP) is 3.29. The Morgan fingerprint density at radius 1 is 1.26 bits per heavy atom. The molecule has 3 aliphatic rings. The molecular weight excluding hydrogens is 306 g/mol. The number of nitrogens with zero attached hydrogens (tertiary/aromatic N) is 1. The van der Waals surface area contributed by atoms with Crippen molar-refractivity contribution in [2.75, 3.05) is 16.8 Å². The average molecular weight is 329 g/mol. The van der Waals surface area contributed by atoms with Gasteiger partial charge in [-0.15, -0.1) is 0 Å². The van der Waals surface area contributed by atoms with E-state index in [0.29, 0.717) is 17.6 Å². The molecule has 1 aromatic rings. The third-order valence-corrected chi connectivity index (χ3v) is 5.76. The Bertz CT molecular complexity index is 632. The molecule has 1 heterocycles. The van der Waals surface area contributed by atoms with Crippen molar-refractivity contribution >= 4 is 34.6 Å². The molecule has 0 aromatic heterocycles. The fourth-order valence-electron chi connectivity index (χ4n) is 4.43. The van der Waals surface area contributed by atoms with Crippen LogP contribution in [0.15, 0.2) is 24.3 Å². The summed E-state index contributed by atoms with van der Waals surface area (Å²) >= 11 is 5.49. The lowest BCUT2D eigenvalue weighted by Crippen LogP contribution is -2.40. The van der Waals surface area contributed by atoms with Crippen LogP contribution in [0.25, 0.3) is 0 Å². The highest BCUT2D eigenvalue weighted by molar-refractivity contribution is 7.80. The van der Waals surface area contributed by atoms with Gasteiger partial charge in [0.1, 0.15) is 0 Å². The number of fused-ring (bicyclic) bond motifs is 2. The van der Waals surface area contributed by atoms with Gasteiger partial charge in [-0.2, -0.15) is 0 Å². The second kappa shape index (κ2) is 6.11. The second-order valence-electron chi connectivity index (χ2n) is 7.08. The van der Waals surface area contributed by atoms with Gasteiger partial charge in [-0.25, -0.2) is 0 Å². The standard InChI is InChI=1S/C18H23N3OS/c22-17-5-2-8-21(17)15-4-1-3-14(11-15)19-18(23)20-16-10-12-6-7-13(16)9-12/h1,3-4,11-13,16H,2,5-10H2,(H2,19,20,23)/t12-,13+,16+/m0/s1. The number of thiocarbonyl (C=S) groups is 1. The van der Waals surface area contributed by atoms with Crippen LogP contribution in [0.3, 0.4) is 0 Å². The minimum atomic E-state index is 0.213. The number of anilines is 2. The van der Waals surface area contributed by atoms with E-state index in [4.69, 9.17) is 12.2 Å². The number of carbonyl (C=O) groups excluding carboxylic acids is 1. The van der Waals surface area contributed by atoms with Crippen LogP contribution in [-0.4, -0.2) is 23.6 Å². The normalized spacial score (nSPS) is 29.1. The molecule has 1 saturated heterocycles. The zero-order valence-corrected chi connectivity index (χ0v) is 14.1. The van der Waals surface area contributed by atoms with Gasteiger partial charge in [0.05, 0.1) is 0 Å². The molecule has 23 heavy (non-hydrogen) atoms. The molecule has 3 atom stereocenters. The van der Waals surface area contributed by atoms with Gasteiger partial charge >= 0.3 is 0 Å². The van der Waals surface area contributed by atoms with Gasteiger partial charge in [-0.05, 0) is 67.9 Å². The fourth-order valence-corrected chi connectivity index (χ4v) is 4.70. The monoisotopic (exact) mass is 329 g/mol. The van der Waals surface area contributed by atoms with Crippen molar-refractivity contribution < 1.29 is 4.79 Å². The molecule has 1 aromatic carbocycles. The van der Waals surface area contributed by atoms with Crippen molar-refractivity contribution in [1.82, 2.24) is 5.32 Å². The van der Waals surface area contributed by atoms with Gasteiger partial charge in [0, 0.05) is 30.4 Å². The number of amides is 1. The van der Waals surface area contributed by atoms with Crippen LogP contribution in [0.2, 0.25) is 0 Å². The van der Waals surface area contributed by atoms with E-state index in [2.05, 4.69) is 10.6 Å². The zero-order valence-electron chi connectivity index (χ0n) is 13.3. The molecule has 1 aliphatic heterocycles. The molecule has 4 nitrogen and oxygen atoms in total. The summed E-state index contributed by atoms with van der Waals surface area (Å²) in [7, 11) is 0. The highest BCUT2D eigenvalue weighted by Gasteiger charge is 2.39. The summed E-state index contributed by atoms with van der Waals surface area (Å²) in [5, 5.41) is 7.49. The molecule has 2 aliphatic carbocycles. The highest BCUT2D eigenvalue weighted by atomic mass is 32.1. The SMILES string of the molecule is O=C1CCCN1c1cccc(NC(=S)N[C@@H]2C[C@H]3CC[C@@H]2C3)c1. The van der Waals surface area contributed by atoms with Crippen molar-refractivity contribution in [3.8, 4) is 0 Å². The first-order chi connectivity index (χ1) is 11.2. The maximum atomic E-state index is 11.9. The van der Waals surface area contributed by atoms with Gasteiger partial charge in [-0.3, -0.25) is 4.79 Å². The van der Waals surface area contributed by atoms with E-state index in [0.717, 1.165) is 36.2 Å². The molecule has 122 valence electrons. The Hall–Kier alpha value is -1.62. The Morgan fingerprint density at radius 3 is 2.87 bits per heavy atom. The number of hydrogen-bond donors (Lipinski definition) is 2. The summed E-state index contributed by atoms with van der Waals surface area (Å²) in [5.41, 5.74) is 1.91. The van der Waals surface area contributed by atoms with Gasteiger partial charge in [-0.1, -0.05) is 12.5 Å². The molecule has 2 bridgehead atoms. The zero-order chi connectivity index (χ0) is 15.8. The van der Waals surface area contributed by atoms with Crippen molar-refractivity contribution in [3.63, 3.8) is 0 Å². The summed E-state index contributed by atoms with van der Waals surface area (Å²) in [5.74, 6) is 1.92. The van der Waals surface area contributed by atoms with Gasteiger partial charge in [0.25, 0.3) is 0 Å². The van der Waals surface area contributed by atoms with E-state index in [-0.39, 0.29) is 5.91 Å². The number of hydrogen-bond acceptors (Lipinski definition) is 2. The lowest BCUT2D eigenvalue weighted by atomic mass is 9.96. The summed E-state index contributed by atoms with van der Waals surface area (Å²) < 4.78 is 0. The van der Waals surface area contributed by atoms with E-state index >= 15 is 0 Å². The van der Waals surface area contributed by atoms with Crippen LogP contribution in [0.5, 0.6) is 0 Å². The van der Waals surface area contributed by atoms with Crippen LogP contribution in [0, 0.1) is 11.8 Å². The van der Waals surface area contributed by atoms with Crippen LogP contribution in [0.4, 0.5) is 11.4 Å². The Kier molecular flexibility index (Phi) is 3.97. The Balaban J connectivity index is 1.38. The maximum Gasteiger partial charge on any atom is 0.227 e. The lowest BCUT2D eigenvalue weighted by Gasteiger charge is -2.25. The minimum Gasteiger partial charge on any atom is -0.359 e. The Labute approximate surface area is 142 Å². The predicted molar refractivity (Wildman–Crippen MR) is 96.6 cm³/mol. The molecular formula is C18H23N3OS. The van der Waals surface area contributed by atoms with Gasteiger partial charge in [0.2, 0.25) is 5.91 Å². The summed E-state index contributed by atoms with van der Waals surface area (Å²) in [6.07, 6.45) is 6.97. The third-order valence-electron chi connectivity index (χ3n) is 5.54. The lowest BCUT2D eigenvalue weighted by molar-refractivity contribution is -0.117. The van der Waals surface area contributed by atoms with E-state index in [9.17, 15) is 4.79 Å². The second-order valence-corrected chi connectivity index (χ2v) is 7.49. The number of nitrogens with one attached hydrogen (secondary N) is 2. The first-order valence-corrected chi connectivity index (χ1v) is 9.08. The highest BCUT2D eigenvalue weighted by Crippen LogP contribution is 2.44. The largest absolute Gasteiger partial charge is 0.359 e. The van der Waals surface area contributed by atoms with Crippen LogP contribution in [-0.2, 0) is 4.79 Å². The molecule has 4 rings (SSSR count). The van der Waals surface area contributed by atoms with Crippen molar-refractivity contribution in [2.24, 2.45) is 11.8 Å². The first kappa shape index (κ1) is 14.9. The smallest absolute Gasteiger partial charge is 0.227 e. The van der Waals surface area contributed by atoms with Crippen molar-refractivity contribution in [2.45, 2.75) is 44.6 Å². The molecule has 3 fully saturated rings. The fraction of sp³-hybridized carbons (Fsp3) is 0.556. The number of benzene rings is 1. The molecule has 0 radical (unpaired) electrons. The molecule has 2 N–H and O–H groups in total. The maximum absolute atomic E-state index is 11.9. The van der Waals surface area contributed by atoms with Gasteiger partial charge in [0.15, 0.2) is 5.11 Å². The van der Waals surface area contributed by atoms with Crippen LogP contribution >= 0.6 is 12.2 Å².